The standard InChI is InChI=1S/C10H10F3N3O3/c1-19-8(17)6-2-7(4-14-3-6)16-9(18)15-5-10(11,12)13/h2-4H,5H2,1H3,(H2,15,16,18). The average molecular weight is 277 g/mol. The van der Waals surface area contributed by atoms with Gasteiger partial charge in [-0.15, -0.1) is 0 Å². The fourth-order valence-electron chi connectivity index (χ4n) is 1.09. The Morgan fingerprint density at radius 3 is 2.63 bits per heavy atom. The summed E-state index contributed by atoms with van der Waals surface area (Å²) in [7, 11) is 1.17. The SMILES string of the molecule is COC(=O)c1cncc(NC(=O)NCC(F)(F)F)c1. The second-order valence-electron chi connectivity index (χ2n) is 3.38. The molecule has 0 aliphatic heterocycles. The van der Waals surface area contributed by atoms with Crippen molar-refractivity contribution >= 4 is 17.7 Å². The maximum absolute atomic E-state index is 11.9. The van der Waals surface area contributed by atoms with Gasteiger partial charge in [0.2, 0.25) is 0 Å². The number of nitrogens with zero attached hydrogens (tertiary/aromatic N) is 1. The highest BCUT2D eigenvalue weighted by Crippen LogP contribution is 2.13. The predicted molar refractivity (Wildman–Crippen MR) is 58.7 cm³/mol. The average Bonchev–Trinajstić information content (AvgIpc) is 2.35. The van der Waals surface area contributed by atoms with Gasteiger partial charge in [-0.25, -0.2) is 9.59 Å². The Bertz CT molecular complexity index is 477. The largest absolute Gasteiger partial charge is 0.465 e. The minimum absolute atomic E-state index is 0.0659. The molecule has 0 bridgehead atoms. The normalized spacial score (nSPS) is 10.7. The van der Waals surface area contributed by atoms with Crippen molar-refractivity contribution in [2.45, 2.75) is 6.18 Å². The lowest BCUT2D eigenvalue weighted by molar-refractivity contribution is -0.122. The number of alkyl halides is 3. The number of rotatable bonds is 3. The first-order chi connectivity index (χ1) is 8.81. The number of methoxy groups -OCH3 is 1. The van der Waals surface area contributed by atoms with Gasteiger partial charge in [0.25, 0.3) is 0 Å². The van der Waals surface area contributed by atoms with E-state index in [9.17, 15) is 22.8 Å². The summed E-state index contributed by atoms with van der Waals surface area (Å²) in [6.07, 6.45) is -2.12. The Labute approximate surface area is 106 Å². The van der Waals surface area contributed by atoms with Gasteiger partial charge in [-0.2, -0.15) is 13.2 Å². The van der Waals surface area contributed by atoms with Gasteiger partial charge >= 0.3 is 18.2 Å². The molecule has 0 fully saturated rings. The van der Waals surface area contributed by atoms with Crippen LogP contribution in [-0.4, -0.2) is 36.8 Å². The van der Waals surface area contributed by atoms with Gasteiger partial charge in [-0.1, -0.05) is 0 Å². The van der Waals surface area contributed by atoms with Crippen LogP contribution in [0.5, 0.6) is 0 Å². The molecule has 0 saturated heterocycles. The van der Waals surface area contributed by atoms with Crippen LogP contribution < -0.4 is 10.6 Å². The minimum Gasteiger partial charge on any atom is -0.465 e. The van der Waals surface area contributed by atoms with Crippen LogP contribution >= 0.6 is 0 Å². The zero-order valence-electron chi connectivity index (χ0n) is 9.75. The van der Waals surface area contributed by atoms with Crippen LogP contribution in [0.2, 0.25) is 0 Å². The Balaban J connectivity index is 2.62. The Kier molecular flexibility index (Phi) is 4.67. The van der Waals surface area contributed by atoms with E-state index in [-0.39, 0.29) is 11.3 Å². The maximum Gasteiger partial charge on any atom is 0.405 e. The quantitative estimate of drug-likeness (QED) is 0.821. The minimum atomic E-state index is -4.50. The van der Waals surface area contributed by atoms with E-state index in [4.69, 9.17) is 0 Å². The van der Waals surface area contributed by atoms with Crippen molar-refractivity contribution in [2.24, 2.45) is 0 Å². The van der Waals surface area contributed by atoms with Gasteiger partial charge in [-0.3, -0.25) is 4.98 Å². The van der Waals surface area contributed by atoms with Gasteiger partial charge in [0, 0.05) is 6.20 Å². The Morgan fingerprint density at radius 2 is 2.05 bits per heavy atom. The highest BCUT2D eigenvalue weighted by Gasteiger charge is 2.27. The van der Waals surface area contributed by atoms with Gasteiger partial charge in [0.05, 0.1) is 24.6 Å². The number of anilines is 1. The molecule has 2 N–H and O–H groups in total. The molecule has 9 heteroatoms. The summed E-state index contributed by atoms with van der Waals surface area (Å²) >= 11 is 0. The monoisotopic (exact) mass is 277 g/mol. The van der Waals surface area contributed by atoms with Crippen molar-refractivity contribution in [1.82, 2.24) is 10.3 Å². The van der Waals surface area contributed by atoms with E-state index in [1.807, 2.05) is 0 Å². The second-order valence-corrected chi connectivity index (χ2v) is 3.38. The van der Waals surface area contributed by atoms with Crippen LogP contribution in [0.1, 0.15) is 10.4 Å². The van der Waals surface area contributed by atoms with Crippen molar-refractivity contribution in [3.8, 4) is 0 Å². The van der Waals surface area contributed by atoms with E-state index >= 15 is 0 Å². The van der Waals surface area contributed by atoms with Gasteiger partial charge in [0.1, 0.15) is 6.54 Å². The van der Waals surface area contributed by atoms with Gasteiger partial charge < -0.3 is 15.4 Å². The number of hydrogen-bond donors (Lipinski definition) is 2. The molecule has 0 unspecified atom stereocenters. The summed E-state index contributed by atoms with van der Waals surface area (Å²) in [5, 5.41) is 3.73. The van der Waals surface area contributed by atoms with Crippen LogP contribution in [0.4, 0.5) is 23.7 Å². The first-order valence-corrected chi connectivity index (χ1v) is 4.97. The van der Waals surface area contributed by atoms with Crippen molar-refractivity contribution in [1.29, 1.82) is 0 Å². The van der Waals surface area contributed by atoms with Gasteiger partial charge in [-0.05, 0) is 6.07 Å². The van der Waals surface area contributed by atoms with E-state index in [0.29, 0.717) is 0 Å². The molecular weight excluding hydrogens is 267 g/mol. The zero-order valence-corrected chi connectivity index (χ0v) is 9.75. The molecule has 0 aliphatic carbocycles. The fourth-order valence-corrected chi connectivity index (χ4v) is 1.09. The molecule has 1 rings (SSSR count). The number of halogens is 3. The second kappa shape index (κ2) is 6.03. The summed E-state index contributed by atoms with van der Waals surface area (Å²) in [5.74, 6) is -0.674. The molecule has 0 atom stereocenters. The van der Waals surface area contributed by atoms with E-state index in [1.165, 1.54) is 25.6 Å². The number of carbonyl (C=O) groups is 2. The molecule has 0 aromatic carbocycles. The summed E-state index contributed by atoms with van der Waals surface area (Å²) < 4.78 is 40.0. The number of esters is 1. The van der Waals surface area contributed by atoms with E-state index in [0.717, 1.165) is 0 Å². The molecule has 0 aliphatic rings. The number of ether oxygens (including phenoxy) is 1. The number of carbonyl (C=O) groups excluding carboxylic acids is 2. The number of hydrogen-bond acceptors (Lipinski definition) is 4. The van der Waals surface area contributed by atoms with Crippen LogP contribution in [0.15, 0.2) is 18.5 Å². The van der Waals surface area contributed by atoms with E-state index in [2.05, 4.69) is 15.0 Å². The summed E-state index contributed by atoms with van der Waals surface area (Å²) in [4.78, 5) is 26.0. The number of amides is 2. The molecule has 2 amide bonds. The first kappa shape index (κ1) is 14.7. The van der Waals surface area contributed by atoms with E-state index < -0.39 is 24.7 Å². The zero-order chi connectivity index (χ0) is 14.5. The van der Waals surface area contributed by atoms with Crippen LogP contribution in [-0.2, 0) is 4.74 Å². The Hall–Kier alpha value is -2.32. The van der Waals surface area contributed by atoms with Gasteiger partial charge in [0.15, 0.2) is 0 Å². The highest BCUT2D eigenvalue weighted by molar-refractivity contribution is 5.93. The number of pyridine rings is 1. The van der Waals surface area contributed by atoms with E-state index in [1.54, 1.807) is 5.32 Å². The molecule has 0 spiro atoms. The lowest BCUT2D eigenvalue weighted by atomic mass is 10.2. The third-order valence-corrected chi connectivity index (χ3v) is 1.87. The Morgan fingerprint density at radius 1 is 1.37 bits per heavy atom. The molecule has 19 heavy (non-hydrogen) atoms. The first-order valence-electron chi connectivity index (χ1n) is 4.97. The molecule has 104 valence electrons. The molecule has 1 heterocycles. The maximum atomic E-state index is 11.9. The number of nitrogens with one attached hydrogen (secondary N) is 2. The molecule has 6 nitrogen and oxygen atoms in total. The molecule has 0 radical (unpaired) electrons. The van der Waals surface area contributed by atoms with Crippen molar-refractivity contribution in [2.75, 3.05) is 19.0 Å². The van der Waals surface area contributed by atoms with Crippen LogP contribution in [0.3, 0.4) is 0 Å². The van der Waals surface area contributed by atoms with Crippen molar-refractivity contribution < 1.29 is 27.5 Å². The third-order valence-electron chi connectivity index (χ3n) is 1.87. The summed E-state index contributed by atoms with van der Waals surface area (Å²) in [6.45, 7) is -1.46. The third kappa shape index (κ3) is 5.23. The number of urea groups is 1. The molecule has 0 saturated carbocycles. The lowest BCUT2D eigenvalue weighted by Crippen LogP contribution is -2.36. The topological polar surface area (TPSA) is 80.3 Å². The predicted octanol–water partition coefficient (Wildman–Crippen LogP) is 1.55. The lowest BCUT2D eigenvalue weighted by Gasteiger charge is -2.09. The number of aromatic nitrogens is 1. The fraction of sp³-hybridized carbons (Fsp3) is 0.300. The van der Waals surface area contributed by atoms with Crippen LogP contribution in [0.25, 0.3) is 0 Å². The van der Waals surface area contributed by atoms with Crippen LogP contribution in [0, 0.1) is 0 Å². The smallest absolute Gasteiger partial charge is 0.405 e. The van der Waals surface area contributed by atoms with Crippen molar-refractivity contribution in [3.05, 3.63) is 24.0 Å². The summed E-state index contributed by atoms with van der Waals surface area (Å²) in [5.41, 5.74) is 0.138. The van der Waals surface area contributed by atoms with Crippen molar-refractivity contribution in [3.63, 3.8) is 0 Å². The molecule has 1 aromatic rings. The molecular formula is C10H10F3N3O3. The molecule has 1 aromatic heterocycles. The highest BCUT2D eigenvalue weighted by atomic mass is 19.4. The summed E-state index contributed by atoms with van der Waals surface area (Å²) in [6, 6.07) is 0.174.